The van der Waals surface area contributed by atoms with E-state index in [4.69, 9.17) is 16.1 Å². The zero-order valence-corrected chi connectivity index (χ0v) is 14.0. The Balaban J connectivity index is 1.76. The molecule has 2 aromatic heterocycles. The lowest BCUT2D eigenvalue weighted by molar-refractivity contribution is -0.137. The monoisotopic (exact) mass is 380 g/mol. The molecule has 3 aromatic rings. The van der Waals surface area contributed by atoms with Crippen LogP contribution in [0.2, 0.25) is 5.15 Å². The van der Waals surface area contributed by atoms with Gasteiger partial charge in [0.25, 0.3) is 0 Å². The third kappa shape index (κ3) is 3.94. The molecule has 0 bridgehead atoms. The Morgan fingerprint density at radius 1 is 1.15 bits per heavy atom. The second kappa shape index (κ2) is 7.29. The van der Waals surface area contributed by atoms with Crippen molar-refractivity contribution in [3.05, 3.63) is 70.7 Å². The van der Waals surface area contributed by atoms with E-state index in [2.05, 4.69) is 10.1 Å². The molecular weight excluding hydrogens is 369 g/mol. The summed E-state index contributed by atoms with van der Waals surface area (Å²) in [7, 11) is 0. The van der Waals surface area contributed by atoms with Crippen LogP contribution in [0.15, 0.2) is 53.2 Å². The van der Waals surface area contributed by atoms with Gasteiger partial charge in [-0.3, -0.25) is 4.79 Å². The largest absolute Gasteiger partial charge is 0.417 e. The van der Waals surface area contributed by atoms with Gasteiger partial charge in [-0.2, -0.15) is 13.2 Å². The first-order valence-corrected chi connectivity index (χ1v) is 8.00. The van der Waals surface area contributed by atoms with E-state index in [9.17, 15) is 18.0 Å². The summed E-state index contributed by atoms with van der Waals surface area (Å²) in [6.45, 7) is 0. The van der Waals surface area contributed by atoms with Crippen molar-refractivity contribution in [2.24, 2.45) is 0 Å². The number of aryl methyl sites for hydroxylation is 1. The first-order valence-electron chi connectivity index (χ1n) is 7.62. The van der Waals surface area contributed by atoms with E-state index in [1.54, 1.807) is 12.1 Å². The fraction of sp³-hybridized carbons (Fsp3) is 0.167. The predicted octanol–water partition coefficient (Wildman–Crippen LogP) is 5.22. The number of Topliss-reactive ketones (excluding diaryl/α,β-unsaturated/α-hetero) is 1. The number of aromatic nitrogens is 2. The van der Waals surface area contributed by atoms with Crippen LogP contribution in [0, 0.1) is 0 Å². The van der Waals surface area contributed by atoms with Gasteiger partial charge < -0.3 is 4.52 Å². The van der Waals surface area contributed by atoms with Gasteiger partial charge in [0.05, 0.1) is 11.1 Å². The van der Waals surface area contributed by atoms with E-state index in [0.29, 0.717) is 5.76 Å². The number of hydrogen-bond acceptors (Lipinski definition) is 4. The molecule has 2 heterocycles. The molecule has 0 radical (unpaired) electrons. The smallest absolute Gasteiger partial charge is 0.361 e. The van der Waals surface area contributed by atoms with Gasteiger partial charge >= 0.3 is 6.18 Å². The van der Waals surface area contributed by atoms with Crippen LogP contribution in [0.3, 0.4) is 0 Å². The predicted molar refractivity (Wildman–Crippen MR) is 88.8 cm³/mol. The van der Waals surface area contributed by atoms with Gasteiger partial charge in [-0.05, 0) is 18.2 Å². The van der Waals surface area contributed by atoms with Crippen LogP contribution in [-0.2, 0) is 12.6 Å². The zero-order chi connectivity index (χ0) is 18.7. The van der Waals surface area contributed by atoms with Gasteiger partial charge in [-0.15, -0.1) is 0 Å². The topological polar surface area (TPSA) is 56.0 Å². The number of hydrogen-bond donors (Lipinski definition) is 0. The summed E-state index contributed by atoms with van der Waals surface area (Å²) in [6.07, 6.45) is -2.77. The van der Waals surface area contributed by atoms with Gasteiger partial charge in [0, 0.05) is 30.7 Å². The quantitative estimate of drug-likeness (QED) is 0.449. The van der Waals surface area contributed by atoms with Crippen LogP contribution >= 0.6 is 11.6 Å². The molecule has 0 aliphatic carbocycles. The van der Waals surface area contributed by atoms with Gasteiger partial charge in [0.1, 0.15) is 16.6 Å². The fourth-order valence-electron chi connectivity index (χ4n) is 2.48. The summed E-state index contributed by atoms with van der Waals surface area (Å²) < 4.78 is 44.4. The van der Waals surface area contributed by atoms with Crippen molar-refractivity contribution in [1.82, 2.24) is 10.1 Å². The van der Waals surface area contributed by atoms with Crippen molar-refractivity contribution < 1.29 is 22.5 Å². The van der Waals surface area contributed by atoms with E-state index >= 15 is 0 Å². The minimum Gasteiger partial charge on any atom is -0.361 e. The summed E-state index contributed by atoms with van der Waals surface area (Å²) in [5.74, 6) is 0.0714. The molecular formula is C18H12ClF3N2O2. The highest BCUT2D eigenvalue weighted by molar-refractivity contribution is 6.32. The maximum absolute atomic E-state index is 13.1. The van der Waals surface area contributed by atoms with Crippen LogP contribution in [0.5, 0.6) is 0 Å². The van der Waals surface area contributed by atoms with Crippen LogP contribution in [0.1, 0.15) is 28.1 Å². The van der Waals surface area contributed by atoms with Gasteiger partial charge in [0.15, 0.2) is 5.78 Å². The lowest BCUT2D eigenvalue weighted by atomic mass is 10.0. The second-order valence-corrected chi connectivity index (χ2v) is 5.84. The minimum absolute atomic E-state index is 0.0692. The fourth-order valence-corrected chi connectivity index (χ4v) is 2.70. The number of benzene rings is 1. The molecule has 0 aliphatic heterocycles. The Morgan fingerprint density at radius 3 is 2.65 bits per heavy atom. The van der Waals surface area contributed by atoms with Crippen molar-refractivity contribution in [3.8, 4) is 11.3 Å². The van der Waals surface area contributed by atoms with Crippen molar-refractivity contribution in [2.45, 2.75) is 19.0 Å². The zero-order valence-electron chi connectivity index (χ0n) is 13.3. The molecule has 0 fully saturated rings. The summed E-state index contributed by atoms with van der Waals surface area (Å²) in [6, 6.07) is 9.67. The van der Waals surface area contributed by atoms with Crippen LogP contribution in [0.4, 0.5) is 13.2 Å². The van der Waals surface area contributed by atoms with E-state index < -0.39 is 11.7 Å². The maximum Gasteiger partial charge on any atom is 0.417 e. The molecule has 26 heavy (non-hydrogen) atoms. The second-order valence-electron chi connectivity index (χ2n) is 5.49. The van der Waals surface area contributed by atoms with Gasteiger partial charge in [0.2, 0.25) is 0 Å². The van der Waals surface area contributed by atoms with E-state index in [1.165, 1.54) is 30.5 Å². The van der Waals surface area contributed by atoms with Crippen LogP contribution < -0.4 is 0 Å². The normalized spacial score (nSPS) is 11.5. The lowest BCUT2D eigenvalue weighted by Gasteiger charge is -2.10. The van der Waals surface area contributed by atoms with Crippen molar-refractivity contribution in [1.29, 1.82) is 0 Å². The molecule has 0 aliphatic rings. The van der Waals surface area contributed by atoms with E-state index in [0.717, 1.165) is 6.07 Å². The Labute approximate surface area is 151 Å². The van der Waals surface area contributed by atoms with Crippen molar-refractivity contribution in [2.75, 3.05) is 0 Å². The molecule has 0 amide bonds. The molecule has 0 spiro atoms. The number of alkyl halides is 3. The third-order valence-corrected chi connectivity index (χ3v) is 4.03. The SMILES string of the molecule is O=C(CCc1cc(-c2ccccc2C(F)(F)F)no1)c1cccnc1Cl. The van der Waals surface area contributed by atoms with Crippen molar-refractivity contribution in [3.63, 3.8) is 0 Å². The standard InChI is InChI=1S/C18H12ClF3N2O2/c19-17-13(5-3-9-23-17)16(25)8-7-11-10-15(24-26-11)12-4-1-2-6-14(12)18(20,21)22/h1-6,9-10H,7-8H2. The average molecular weight is 381 g/mol. The molecule has 0 atom stereocenters. The molecule has 4 nitrogen and oxygen atoms in total. The highest BCUT2D eigenvalue weighted by Gasteiger charge is 2.34. The highest BCUT2D eigenvalue weighted by atomic mass is 35.5. The summed E-state index contributed by atoms with van der Waals surface area (Å²) >= 11 is 5.87. The minimum atomic E-state index is -4.50. The Kier molecular flexibility index (Phi) is 5.08. The number of halogens is 4. The lowest BCUT2D eigenvalue weighted by Crippen LogP contribution is -2.06. The highest BCUT2D eigenvalue weighted by Crippen LogP contribution is 2.36. The molecule has 0 N–H and O–H groups in total. The molecule has 134 valence electrons. The third-order valence-electron chi connectivity index (χ3n) is 3.73. The molecule has 3 rings (SSSR count). The number of carbonyl (C=O) groups excluding carboxylic acids is 1. The summed E-state index contributed by atoms with van der Waals surface area (Å²) in [4.78, 5) is 16.0. The van der Waals surface area contributed by atoms with Crippen molar-refractivity contribution >= 4 is 17.4 Å². The van der Waals surface area contributed by atoms with Gasteiger partial charge in [-0.25, -0.2) is 4.98 Å². The number of nitrogens with zero attached hydrogens (tertiary/aromatic N) is 2. The number of pyridine rings is 1. The molecule has 0 unspecified atom stereocenters. The Morgan fingerprint density at radius 2 is 1.92 bits per heavy atom. The maximum atomic E-state index is 13.1. The first kappa shape index (κ1) is 18.1. The average Bonchev–Trinajstić information content (AvgIpc) is 3.08. The van der Waals surface area contributed by atoms with E-state index in [-0.39, 0.29) is 40.6 Å². The number of carbonyl (C=O) groups is 1. The first-order chi connectivity index (χ1) is 12.4. The van der Waals surface area contributed by atoms with Crippen LogP contribution in [0.25, 0.3) is 11.3 Å². The number of rotatable bonds is 5. The molecule has 0 saturated heterocycles. The van der Waals surface area contributed by atoms with E-state index in [1.807, 2.05) is 0 Å². The Bertz CT molecular complexity index is 938. The summed E-state index contributed by atoms with van der Waals surface area (Å²) in [5.41, 5.74) is -0.509. The molecule has 8 heteroatoms. The summed E-state index contributed by atoms with van der Waals surface area (Å²) in [5, 5.41) is 3.81. The van der Waals surface area contributed by atoms with Crippen LogP contribution in [-0.4, -0.2) is 15.9 Å². The number of ketones is 1. The van der Waals surface area contributed by atoms with Gasteiger partial charge in [-0.1, -0.05) is 35.0 Å². The molecule has 0 saturated carbocycles. The molecule has 1 aromatic carbocycles. The Hall–Kier alpha value is -2.67.